The van der Waals surface area contributed by atoms with Gasteiger partial charge >= 0.3 is 6.18 Å². The first-order valence-electron chi connectivity index (χ1n) is 10.4. The molecule has 0 spiro atoms. The fourth-order valence-corrected chi connectivity index (χ4v) is 3.80. The number of anilines is 2. The molecule has 0 bridgehead atoms. The highest BCUT2D eigenvalue weighted by Crippen LogP contribution is 2.30. The Balaban J connectivity index is 1.66. The third-order valence-corrected chi connectivity index (χ3v) is 5.79. The number of pyridine rings is 2. The summed E-state index contributed by atoms with van der Waals surface area (Å²) in [6.07, 6.45) is -0.684. The summed E-state index contributed by atoms with van der Waals surface area (Å²) < 4.78 is 53.7. The topological polar surface area (TPSA) is 96.2 Å². The zero-order valence-corrected chi connectivity index (χ0v) is 17.7. The lowest BCUT2D eigenvalue weighted by molar-refractivity contribution is -0.141. The molecule has 3 aromatic heterocycles. The minimum atomic E-state index is -4.56. The lowest BCUT2D eigenvalue weighted by atomic mass is 9.89. The van der Waals surface area contributed by atoms with Crippen LogP contribution in [0.3, 0.4) is 0 Å². The smallest absolute Gasteiger partial charge is 0.390 e. The van der Waals surface area contributed by atoms with Crippen LogP contribution in [0.15, 0.2) is 30.6 Å². The van der Waals surface area contributed by atoms with E-state index < -0.39 is 30.0 Å². The van der Waals surface area contributed by atoms with Crippen molar-refractivity contribution >= 4 is 28.4 Å². The molecule has 0 radical (unpaired) electrons. The summed E-state index contributed by atoms with van der Waals surface area (Å²) in [5, 5.41) is 17.3. The van der Waals surface area contributed by atoms with Gasteiger partial charge in [-0.3, -0.25) is 14.5 Å². The number of carbonyl (C=O) groups is 1. The molecule has 176 valence electrons. The van der Waals surface area contributed by atoms with E-state index in [0.29, 0.717) is 32.4 Å². The van der Waals surface area contributed by atoms with Crippen molar-refractivity contribution in [3.8, 4) is 0 Å². The van der Waals surface area contributed by atoms with Crippen molar-refractivity contribution in [2.75, 3.05) is 18.4 Å². The van der Waals surface area contributed by atoms with Gasteiger partial charge in [-0.15, -0.1) is 0 Å². The number of carbonyl (C=O) groups excluding carboxylic acids is 1. The molecule has 0 saturated carbocycles. The van der Waals surface area contributed by atoms with Crippen LogP contribution in [0.1, 0.15) is 36.7 Å². The molecule has 33 heavy (non-hydrogen) atoms. The molecule has 0 aromatic carbocycles. The minimum absolute atomic E-state index is 0.00447. The van der Waals surface area contributed by atoms with E-state index in [4.69, 9.17) is 0 Å². The third-order valence-electron chi connectivity index (χ3n) is 5.79. The van der Waals surface area contributed by atoms with Gasteiger partial charge in [0, 0.05) is 31.5 Å². The number of hydrogen-bond donors (Lipinski definition) is 2. The maximum Gasteiger partial charge on any atom is 0.408 e. The summed E-state index contributed by atoms with van der Waals surface area (Å²) in [4.78, 5) is 22.5. The van der Waals surface area contributed by atoms with Gasteiger partial charge in [0.05, 0.1) is 16.5 Å². The average molecular weight is 466 g/mol. The molecule has 4 heterocycles. The Morgan fingerprint density at radius 2 is 1.97 bits per heavy atom. The predicted molar refractivity (Wildman–Crippen MR) is 111 cm³/mol. The Hall–Kier alpha value is -3.28. The van der Waals surface area contributed by atoms with Crippen LogP contribution in [0.25, 0.3) is 10.9 Å². The van der Waals surface area contributed by atoms with Crippen molar-refractivity contribution in [2.24, 2.45) is 0 Å². The van der Waals surface area contributed by atoms with E-state index in [1.807, 2.05) is 6.92 Å². The monoisotopic (exact) mass is 466 g/mol. The van der Waals surface area contributed by atoms with Crippen LogP contribution in [0.2, 0.25) is 0 Å². The summed E-state index contributed by atoms with van der Waals surface area (Å²) in [5.74, 6) is -0.944. The van der Waals surface area contributed by atoms with Gasteiger partial charge in [-0.1, -0.05) is 6.92 Å². The van der Waals surface area contributed by atoms with Crippen molar-refractivity contribution in [1.82, 2.24) is 24.6 Å². The lowest BCUT2D eigenvalue weighted by Crippen LogP contribution is -2.46. The van der Waals surface area contributed by atoms with Gasteiger partial charge in [-0.2, -0.15) is 18.3 Å². The number of likely N-dealkylation sites (tertiary alicyclic amines) is 1. The van der Waals surface area contributed by atoms with E-state index in [2.05, 4.69) is 20.4 Å². The molecule has 0 atom stereocenters. The number of hydrogen-bond acceptors (Lipinski definition) is 6. The summed E-state index contributed by atoms with van der Waals surface area (Å²) in [7, 11) is 0. The number of alkyl halides is 3. The predicted octanol–water partition coefficient (Wildman–Crippen LogP) is 3.65. The van der Waals surface area contributed by atoms with Crippen LogP contribution >= 0.6 is 0 Å². The number of rotatable bonds is 5. The summed E-state index contributed by atoms with van der Waals surface area (Å²) in [5.41, 5.74) is -0.791. The molecule has 1 fully saturated rings. The normalized spacial score (nSPS) is 16.2. The molecule has 1 saturated heterocycles. The number of halogens is 4. The minimum Gasteiger partial charge on any atom is -0.390 e. The second-order valence-electron chi connectivity index (χ2n) is 8.06. The highest BCUT2D eigenvalue weighted by atomic mass is 19.4. The SMILES string of the molecule is CCC1(O)CCN(C(=O)c2cc3c(cn2)c(Nc2cc(F)ccn2)nn3CC(F)(F)F)CC1. The molecule has 2 N–H and O–H groups in total. The van der Waals surface area contributed by atoms with Crippen molar-refractivity contribution < 1.29 is 27.5 Å². The number of fused-ring (bicyclic) bond motifs is 1. The molecule has 4 rings (SSSR count). The molecule has 0 unspecified atom stereocenters. The number of aromatic nitrogens is 4. The first-order valence-corrected chi connectivity index (χ1v) is 10.4. The Bertz CT molecular complexity index is 1170. The average Bonchev–Trinajstić information content (AvgIpc) is 3.08. The maximum atomic E-state index is 13.5. The molecular weight excluding hydrogens is 444 g/mol. The number of piperidine rings is 1. The highest BCUT2D eigenvalue weighted by molar-refractivity contribution is 5.98. The maximum absolute atomic E-state index is 13.5. The summed E-state index contributed by atoms with van der Waals surface area (Å²) in [6.45, 7) is 1.14. The van der Waals surface area contributed by atoms with Crippen molar-refractivity contribution in [2.45, 2.75) is 44.5 Å². The molecule has 1 aliphatic heterocycles. The second-order valence-corrected chi connectivity index (χ2v) is 8.06. The van der Waals surface area contributed by atoms with E-state index in [1.54, 1.807) is 0 Å². The van der Waals surface area contributed by atoms with Gasteiger partial charge in [0.1, 0.15) is 23.9 Å². The Morgan fingerprint density at radius 1 is 1.24 bits per heavy atom. The van der Waals surface area contributed by atoms with Crippen LogP contribution in [0.5, 0.6) is 0 Å². The lowest BCUT2D eigenvalue weighted by Gasteiger charge is -2.37. The molecule has 12 heteroatoms. The van der Waals surface area contributed by atoms with Gasteiger partial charge in [0.2, 0.25) is 0 Å². The summed E-state index contributed by atoms with van der Waals surface area (Å²) in [6, 6.07) is 3.47. The quantitative estimate of drug-likeness (QED) is 0.558. The highest BCUT2D eigenvalue weighted by Gasteiger charge is 2.34. The molecular formula is C21H22F4N6O2. The van der Waals surface area contributed by atoms with Gasteiger partial charge < -0.3 is 15.3 Å². The van der Waals surface area contributed by atoms with E-state index in [0.717, 1.165) is 16.8 Å². The number of aliphatic hydroxyl groups is 1. The Kier molecular flexibility index (Phi) is 5.95. The van der Waals surface area contributed by atoms with Crippen LogP contribution in [0, 0.1) is 5.82 Å². The van der Waals surface area contributed by atoms with Crippen molar-refractivity contribution in [3.63, 3.8) is 0 Å². The van der Waals surface area contributed by atoms with Gasteiger partial charge in [-0.25, -0.2) is 9.37 Å². The third kappa shape index (κ3) is 5.05. The van der Waals surface area contributed by atoms with Crippen LogP contribution in [-0.4, -0.2) is 60.5 Å². The van der Waals surface area contributed by atoms with Crippen LogP contribution in [0.4, 0.5) is 29.2 Å². The molecule has 3 aromatic rings. The zero-order valence-electron chi connectivity index (χ0n) is 17.7. The van der Waals surface area contributed by atoms with E-state index in [-0.39, 0.29) is 28.2 Å². The largest absolute Gasteiger partial charge is 0.408 e. The van der Waals surface area contributed by atoms with Gasteiger partial charge in [0.15, 0.2) is 5.82 Å². The fourth-order valence-electron chi connectivity index (χ4n) is 3.80. The van der Waals surface area contributed by atoms with E-state index in [9.17, 15) is 27.5 Å². The fraction of sp³-hybridized carbons (Fsp3) is 0.429. The van der Waals surface area contributed by atoms with E-state index in [1.165, 1.54) is 23.4 Å². The van der Waals surface area contributed by atoms with Gasteiger partial charge in [-0.05, 0) is 31.4 Å². The van der Waals surface area contributed by atoms with Crippen LogP contribution in [-0.2, 0) is 6.54 Å². The Morgan fingerprint density at radius 3 is 2.61 bits per heavy atom. The Labute approximate surface area is 186 Å². The van der Waals surface area contributed by atoms with Crippen molar-refractivity contribution in [1.29, 1.82) is 0 Å². The van der Waals surface area contributed by atoms with Crippen molar-refractivity contribution in [3.05, 3.63) is 42.1 Å². The number of amides is 1. The first kappa shape index (κ1) is 22.9. The molecule has 1 aliphatic rings. The standard InChI is InChI=1S/C21H22F4N6O2/c1-2-20(33)4-7-30(8-5-20)19(32)15-10-16-14(11-27-15)18(29-31(16)12-21(23,24)25)28-17-9-13(22)3-6-26-17/h3,6,9-11,33H,2,4-5,7-8,12H2,1H3,(H,26,28,29). The second kappa shape index (κ2) is 8.58. The molecule has 8 nitrogen and oxygen atoms in total. The van der Waals surface area contributed by atoms with Gasteiger partial charge in [0.25, 0.3) is 5.91 Å². The van der Waals surface area contributed by atoms with E-state index >= 15 is 0 Å². The molecule has 0 aliphatic carbocycles. The number of nitrogens with zero attached hydrogens (tertiary/aromatic N) is 5. The zero-order chi connectivity index (χ0) is 23.8. The van der Waals surface area contributed by atoms with Crippen LogP contribution < -0.4 is 5.32 Å². The molecule has 1 amide bonds. The summed E-state index contributed by atoms with van der Waals surface area (Å²) >= 11 is 0. The first-order chi connectivity index (χ1) is 15.6. The number of nitrogens with one attached hydrogen (secondary N) is 1.